The third-order valence-electron chi connectivity index (χ3n) is 3.42. The highest BCUT2D eigenvalue weighted by atomic mass is 35.5. The summed E-state index contributed by atoms with van der Waals surface area (Å²) < 4.78 is 36.2. The molecule has 0 amide bonds. The van der Waals surface area contributed by atoms with E-state index in [0.717, 1.165) is 6.26 Å². The number of methoxy groups -OCH3 is 2. The van der Waals surface area contributed by atoms with Crippen molar-refractivity contribution in [3.05, 3.63) is 52.0 Å². The second-order valence-corrected chi connectivity index (χ2v) is 7.73. The maximum atomic E-state index is 12.3. The van der Waals surface area contributed by atoms with Gasteiger partial charge >= 0.3 is 0 Å². The number of sulfonamides is 1. The molecule has 130 valence electrons. The van der Waals surface area contributed by atoms with Gasteiger partial charge in [0.25, 0.3) is 0 Å². The molecule has 0 heterocycles. The van der Waals surface area contributed by atoms with E-state index >= 15 is 0 Å². The van der Waals surface area contributed by atoms with E-state index in [-0.39, 0.29) is 6.54 Å². The molecule has 0 saturated heterocycles. The zero-order valence-electron chi connectivity index (χ0n) is 13.4. The van der Waals surface area contributed by atoms with E-state index in [4.69, 9.17) is 32.7 Å². The highest BCUT2D eigenvalue weighted by Gasteiger charge is 2.22. The van der Waals surface area contributed by atoms with Crippen molar-refractivity contribution in [2.45, 2.75) is 6.54 Å². The van der Waals surface area contributed by atoms with Gasteiger partial charge in [0, 0.05) is 21.7 Å². The van der Waals surface area contributed by atoms with Crippen molar-refractivity contribution in [2.24, 2.45) is 0 Å². The van der Waals surface area contributed by atoms with E-state index < -0.39 is 10.0 Å². The number of ether oxygens (including phenoxy) is 2. The molecule has 0 N–H and O–H groups in total. The number of halogens is 2. The summed E-state index contributed by atoms with van der Waals surface area (Å²) in [6.07, 6.45) is 1.12. The van der Waals surface area contributed by atoms with Crippen molar-refractivity contribution >= 4 is 38.9 Å². The fraction of sp³-hybridized carbons (Fsp3) is 0.250. The minimum absolute atomic E-state index is 0.00677. The Hall–Kier alpha value is -1.63. The average molecular weight is 390 g/mol. The van der Waals surface area contributed by atoms with Gasteiger partial charge in [-0.3, -0.25) is 4.31 Å². The van der Waals surface area contributed by atoms with Crippen LogP contribution in [0.2, 0.25) is 10.0 Å². The van der Waals surface area contributed by atoms with Crippen LogP contribution < -0.4 is 13.8 Å². The fourth-order valence-electron chi connectivity index (χ4n) is 2.21. The molecular formula is C16H17Cl2NO4S. The van der Waals surface area contributed by atoms with Crippen molar-refractivity contribution in [1.29, 1.82) is 0 Å². The van der Waals surface area contributed by atoms with Crippen molar-refractivity contribution in [2.75, 3.05) is 24.8 Å². The second kappa shape index (κ2) is 7.51. The lowest BCUT2D eigenvalue weighted by Gasteiger charge is -2.24. The van der Waals surface area contributed by atoms with Gasteiger partial charge in [-0.05, 0) is 24.3 Å². The Morgan fingerprint density at radius 1 is 1.00 bits per heavy atom. The van der Waals surface area contributed by atoms with Crippen LogP contribution in [-0.4, -0.2) is 28.9 Å². The fourth-order valence-corrected chi connectivity index (χ4v) is 3.58. The first-order valence-corrected chi connectivity index (χ1v) is 9.51. The molecule has 0 aliphatic carbocycles. The van der Waals surface area contributed by atoms with E-state index in [2.05, 4.69) is 0 Å². The molecule has 0 saturated carbocycles. The third kappa shape index (κ3) is 4.06. The van der Waals surface area contributed by atoms with Crippen LogP contribution in [-0.2, 0) is 16.6 Å². The molecule has 0 aromatic heterocycles. The van der Waals surface area contributed by atoms with E-state index in [1.807, 2.05) is 0 Å². The molecule has 24 heavy (non-hydrogen) atoms. The summed E-state index contributed by atoms with van der Waals surface area (Å²) in [6, 6.07) is 9.89. The summed E-state index contributed by atoms with van der Waals surface area (Å²) in [7, 11) is -0.582. The normalized spacial score (nSPS) is 11.2. The molecular weight excluding hydrogens is 373 g/mol. The van der Waals surface area contributed by atoms with Gasteiger partial charge in [0.05, 0.1) is 32.7 Å². The zero-order valence-corrected chi connectivity index (χ0v) is 15.7. The smallest absolute Gasteiger partial charge is 0.232 e. The average Bonchev–Trinajstić information content (AvgIpc) is 2.52. The lowest BCUT2D eigenvalue weighted by atomic mass is 10.2. The highest BCUT2D eigenvalue weighted by molar-refractivity contribution is 7.92. The molecule has 0 atom stereocenters. The van der Waals surface area contributed by atoms with Crippen molar-refractivity contribution in [3.63, 3.8) is 0 Å². The number of anilines is 1. The minimum atomic E-state index is -3.57. The summed E-state index contributed by atoms with van der Waals surface area (Å²) in [4.78, 5) is 0. The third-order valence-corrected chi connectivity index (χ3v) is 5.27. The molecule has 2 aromatic rings. The van der Waals surface area contributed by atoms with Crippen LogP contribution in [0, 0.1) is 0 Å². The van der Waals surface area contributed by atoms with E-state index in [9.17, 15) is 8.42 Å². The summed E-state index contributed by atoms with van der Waals surface area (Å²) in [5.41, 5.74) is 0.951. The number of hydrogen-bond acceptors (Lipinski definition) is 4. The molecule has 0 radical (unpaired) electrons. The molecule has 2 aromatic carbocycles. The van der Waals surface area contributed by atoms with Crippen LogP contribution in [0.1, 0.15) is 5.56 Å². The quantitative estimate of drug-likeness (QED) is 0.749. The van der Waals surface area contributed by atoms with Gasteiger partial charge in [-0.15, -0.1) is 0 Å². The van der Waals surface area contributed by atoms with E-state index in [1.165, 1.54) is 18.5 Å². The van der Waals surface area contributed by atoms with Gasteiger partial charge < -0.3 is 9.47 Å². The number of benzene rings is 2. The molecule has 0 fully saturated rings. The Morgan fingerprint density at radius 3 is 2.08 bits per heavy atom. The van der Waals surface area contributed by atoms with Crippen LogP contribution in [0.25, 0.3) is 0 Å². The highest BCUT2D eigenvalue weighted by Crippen LogP contribution is 2.34. The van der Waals surface area contributed by atoms with Gasteiger partial charge in [0.2, 0.25) is 10.0 Å². The second-order valence-electron chi connectivity index (χ2n) is 5.01. The van der Waals surface area contributed by atoms with Gasteiger partial charge in [-0.1, -0.05) is 29.3 Å². The molecule has 8 heteroatoms. The SMILES string of the molecule is COc1ccc(N(Cc2c(Cl)cccc2Cl)S(C)(=O)=O)cc1OC. The Balaban J connectivity index is 2.51. The van der Waals surface area contributed by atoms with E-state index in [0.29, 0.717) is 32.8 Å². The summed E-state index contributed by atoms with van der Waals surface area (Å²) in [5.74, 6) is 0.930. The Morgan fingerprint density at radius 2 is 1.58 bits per heavy atom. The summed E-state index contributed by atoms with van der Waals surface area (Å²) >= 11 is 12.3. The van der Waals surface area contributed by atoms with Crippen molar-refractivity contribution in [3.8, 4) is 11.5 Å². The molecule has 0 unspecified atom stereocenters. The Kier molecular flexibility index (Phi) is 5.85. The molecule has 0 aliphatic heterocycles. The van der Waals surface area contributed by atoms with Crippen LogP contribution in [0.15, 0.2) is 36.4 Å². The van der Waals surface area contributed by atoms with Gasteiger partial charge in [-0.2, -0.15) is 0 Å². The van der Waals surface area contributed by atoms with Gasteiger partial charge in [0.15, 0.2) is 11.5 Å². The number of hydrogen-bond donors (Lipinski definition) is 0. The maximum Gasteiger partial charge on any atom is 0.232 e. The Labute approximate surface area is 151 Å². The monoisotopic (exact) mass is 389 g/mol. The lowest BCUT2D eigenvalue weighted by molar-refractivity contribution is 0.355. The van der Waals surface area contributed by atoms with Crippen molar-refractivity contribution < 1.29 is 17.9 Å². The first-order valence-electron chi connectivity index (χ1n) is 6.90. The van der Waals surface area contributed by atoms with Crippen molar-refractivity contribution in [1.82, 2.24) is 0 Å². The van der Waals surface area contributed by atoms with Crippen LogP contribution in [0.4, 0.5) is 5.69 Å². The van der Waals surface area contributed by atoms with Crippen LogP contribution in [0.3, 0.4) is 0 Å². The topological polar surface area (TPSA) is 55.8 Å². The molecule has 0 spiro atoms. The predicted molar refractivity (Wildman–Crippen MR) is 97.0 cm³/mol. The first kappa shape index (κ1) is 18.7. The largest absolute Gasteiger partial charge is 0.493 e. The number of nitrogens with zero attached hydrogens (tertiary/aromatic N) is 1. The lowest BCUT2D eigenvalue weighted by Crippen LogP contribution is -2.29. The summed E-state index contributed by atoms with van der Waals surface area (Å²) in [6.45, 7) is 0.00677. The van der Waals surface area contributed by atoms with Crippen LogP contribution in [0.5, 0.6) is 11.5 Å². The standard InChI is InChI=1S/C16H17Cl2NO4S/c1-22-15-8-7-11(9-16(15)23-2)19(24(3,20)21)10-12-13(17)5-4-6-14(12)18/h4-9H,10H2,1-3H3. The predicted octanol–water partition coefficient (Wildman–Crippen LogP) is 3.98. The Bertz CT molecular complexity index is 820. The first-order chi connectivity index (χ1) is 11.3. The molecule has 2 rings (SSSR count). The maximum absolute atomic E-state index is 12.3. The molecule has 0 bridgehead atoms. The van der Waals surface area contributed by atoms with Gasteiger partial charge in [-0.25, -0.2) is 8.42 Å². The number of rotatable bonds is 6. The molecule has 5 nitrogen and oxygen atoms in total. The minimum Gasteiger partial charge on any atom is -0.493 e. The van der Waals surface area contributed by atoms with Gasteiger partial charge in [0.1, 0.15) is 0 Å². The summed E-state index contributed by atoms with van der Waals surface area (Å²) in [5, 5.41) is 0.799. The van der Waals surface area contributed by atoms with E-state index in [1.54, 1.807) is 36.4 Å². The molecule has 0 aliphatic rings. The van der Waals surface area contributed by atoms with Crippen LogP contribution >= 0.6 is 23.2 Å². The zero-order chi connectivity index (χ0) is 17.9.